The first kappa shape index (κ1) is 21.9. The molecule has 0 saturated carbocycles. The number of amides is 1. The van der Waals surface area contributed by atoms with E-state index >= 15 is 0 Å². The minimum Gasteiger partial charge on any atom is -0.397 e. The smallest absolute Gasteiger partial charge is 0.269 e. The van der Waals surface area contributed by atoms with E-state index in [9.17, 15) is 4.79 Å². The van der Waals surface area contributed by atoms with Gasteiger partial charge in [-0.15, -0.1) is 22.7 Å². The first-order valence-electron chi connectivity index (χ1n) is 9.87. The Morgan fingerprint density at radius 1 is 0.939 bits per heavy atom. The highest BCUT2D eigenvalue weighted by Gasteiger charge is 2.19. The van der Waals surface area contributed by atoms with Gasteiger partial charge in [0.05, 0.1) is 27.1 Å². The molecule has 0 unspecified atom stereocenters. The monoisotopic (exact) mass is 510 g/mol. The van der Waals surface area contributed by atoms with Gasteiger partial charge in [0.1, 0.15) is 9.71 Å². The number of aromatic nitrogens is 2. The fraction of sp³-hybridized carbons (Fsp3) is 0.0417. The van der Waals surface area contributed by atoms with Crippen LogP contribution in [0.1, 0.15) is 15.2 Å². The molecule has 164 valence electrons. The predicted octanol–water partition coefficient (Wildman–Crippen LogP) is 7.54. The summed E-state index contributed by atoms with van der Waals surface area (Å²) in [5.41, 5.74) is 11.3. The average molecular weight is 511 g/mol. The zero-order valence-electron chi connectivity index (χ0n) is 17.2. The average Bonchev–Trinajstić information content (AvgIpc) is 3.40. The number of aryl methyl sites for hydroxylation is 1. The van der Waals surface area contributed by atoms with Gasteiger partial charge < -0.3 is 5.73 Å². The number of thiophene rings is 1. The number of thiazole rings is 1. The van der Waals surface area contributed by atoms with Crippen molar-refractivity contribution in [3.05, 3.63) is 80.5 Å². The molecule has 0 spiro atoms. The number of anilines is 2. The first-order valence-corrected chi connectivity index (χ1v) is 12.3. The first-order chi connectivity index (χ1) is 15.9. The molecule has 3 N–H and O–H groups in total. The van der Waals surface area contributed by atoms with Crippen LogP contribution in [0.15, 0.2) is 60.0 Å². The van der Waals surface area contributed by atoms with Crippen molar-refractivity contribution in [3.63, 3.8) is 0 Å². The molecule has 5 nitrogen and oxygen atoms in total. The Kier molecular flexibility index (Phi) is 5.80. The summed E-state index contributed by atoms with van der Waals surface area (Å²) in [6.07, 6.45) is 0. The molecular formula is C24H16Cl2N4OS2. The molecule has 0 fully saturated rings. The van der Waals surface area contributed by atoms with Gasteiger partial charge in [0.2, 0.25) is 0 Å². The SMILES string of the molecule is Cc1ccc(-c2ccc3c(N)c(C(=O)Nc4nc(-c5ccc(Cl)c(Cl)c5)cs4)sc3n2)cc1. The number of nitrogens with zero attached hydrogens (tertiary/aromatic N) is 2. The molecule has 0 radical (unpaired) electrons. The van der Waals surface area contributed by atoms with E-state index in [1.54, 1.807) is 12.1 Å². The Balaban J connectivity index is 1.40. The van der Waals surface area contributed by atoms with Crippen molar-refractivity contribution in [2.45, 2.75) is 6.92 Å². The van der Waals surface area contributed by atoms with Gasteiger partial charge in [-0.2, -0.15) is 0 Å². The minimum absolute atomic E-state index is 0.317. The maximum absolute atomic E-state index is 13.0. The molecular weight excluding hydrogens is 495 g/mol. The van der Waals surface area contributed by atoms with Crippen LogP contribution in [0.2, 0.25) is 10.0 Å². The molecule has 1 amide bonds. The van der Waals surface area contributed by atoms with Crippen LogP contribution in [0.3, 0.4) is 0 Å². The maximum atomic E-state index is 13.0. The molecule has 5 aromatic rings. The largest absolute Gasteiger partial charge is 0.397 e. The Morgan fingerprint density at radius 2 is 1.70 bits per heavy atom. The number of hydrogen-bond donors (Lipinski definition) is 2. The topological polar surface area (TPSA) is 80.9 Å². The second-order valence-corrected chi connectivity index (χ2v) is 10.1. The maximum Gasteiger partial charge on any atom is 0.269 e. The summed E-state index contributed by atoms with van der Waals surface area (Å²) >= 11 is 14.7. The number of rotatable bonds is 4. The number of fused-ring (bicyclic) bond motifs is 1. The van der Waals surface area contributed by atoms with Crippen molar-refractivity contribution in [2.75, 3.05) is 11.1 Å². The van der Waals surface area contributed by atoms with Gasteiger partial charge in [-0.25, -0.2) is 9.97 Å². The lowest BCUT2D eigenvalue weighted by Crippen LogP contribution is -2.11. The Labute approximate surface area is 207 Å². The zero-order chi connectivity index (χ0) is 23.1. The van der Waals surface area contributed by atoms with E-state index < -0.39 is 0 Å². The highest BCUT2D eigenvalue weighted by Crippen LogP contribution is 2.35. The third kappa shape index (κ3) is 4.32. The number of nitrogen functional groups attached to an aromatic ring is 1. The van der Waals surface area contributed by atoms with Gasteiger partial charge in [0, 0.05) is 21.9 Å². The van der Waals surface area contributed by atoms with E-state index in [4.69, 9.17) is 33.9 Å². The molecule has 9 heteroatoms. The van der Waals surface area contributed by atoms with E-state index in [0.717, 1.165) is 22.2 Å². The van der Waals surface area contributed by atoms with Crippen molar-refractivity contribution in [3.8, 4) is 22.5 Å². The van der Waals surface area contributed by atoms with Gasteiger partial charge in [-0.05, 0) is 31.2 Å². The molecule has 3 aromatic heterocycles. The number of halogens is 2. The number of hydrogen-bond acceptors (Lipinski definition) is 6. The predicted molar refractivity (Wildman–Crippen MR) is 140 cm³/mol. The second-order valence-electron chi connectivity index (χ2n) is 7.38. The van der Waals surface area contributed by atoms with Crippen LogP contribution in [0.5, 0.6) is 0 Å². The molecule has 0 atom stereocenters. The normalized spacial score (nSPS) is 11.1. The van der Waals surface area contributed by atoms with E-state index in [0.29, 0.717) is 36.3 Å². The number of benzene rings is 2. The van der Waals surface area contributed by atoms with Gasteiger partial charge in [0.25, 0.3) is 5.91 Å². The number of nitrogens with two attached hydrogens (primary N) is 1. The molecule has 33 heavy (non-hydrogen) atoms. The van der Waals surface area contributed by atoms with Crippen LogP contribution >= 0.6 is 45.9 Å². The third-order valence-electron chi connectivity index (χ3n) is 5.09. The molecule has 3 heterocycles. The standard InChI is InChI=1S/C24H16Cl2N4OS2/c1-12-2-4-13(5-3-12)18-9-7-15-20(27)21(33-23(15)28-18)22(31)30-24-29-19(11-32-24)14-6-8-16(25)17(26)10-14/h2-11H,27H2,1H3,(H,29,30,31). The summed E-state index contributed by atoms with van der Waals surface area (Å²) in [4.78, 5) is 23.3. The summed E-state index contributed by atoms with van der Waals surface area (Å²) in [6, 6.07) is 17.3. The molecule has 5 rings (SSSR count). The fourth-order valence-corrected chi connectivity index (χ4v) is 5.33. The number of nitrogens with one attached hydrogen (secondary N) is 1. The summed E-state index contributed by atoms with van der Waals surface area (Å²) in [7, 11) is 0. The number of pyridine rings is 1. The lowest BCUT2D eigenvalue weighted by atomic mass is 10.1. The zero-order valence-corrected chi connectivity index (χ0v) is 20.4. The minimum atomic E-state index is -0.317. The fourth-order valence-electron chi connectivity index (χ4n) is 3.32. The summed E-state index contributed by atoms with van der Waals surface area (Å²) < 4.78 is 0. The Morgan fingerprint density at radius 3 is 2.45 bits per heavy atom. The van der Waals surface area contributed by atoms with Crippen LogP contribution in [0.25, 0.3) is 32.7 Å². The molecule has 0 aliphatic rings. The van der Waals surface area contributed by atoms with E-state index in [1.165, 1.54) is 28.2 Å². The van der Waals surface area contributed by atoms with Crippen molar-refractivity contribution < 1.29 is 4.79 Å². The van der Waals surface area contributed by atoms with Crippen molar-refractivity contribution >= 4 is 72.8 Å². The van der Waals surface area contributed by atoms with E-state index in [-0.39, 0.29) is 5.91 Å². The van der Waals surface area contributed by atoms with Crippen molar-refractivity contribution in [1.29, 1.82) is 0 Å². The number of carbonyl (C=O) groups is 1. The van der Waals surface area contributed by atoms with Crippen LogP contribution in [0.4, 0.5) is 10.8 Å². The third-order valence-corrected chi connectivity index (χ3v) is 7.70. The van der Waals surface area contributed by atoms with Crippen LogP contribution < -0.4 is 11.1 Å². The van der Waals surface area contributed by atoms with E-state index in [1.807, 2.05) is 54.8 Å². The van der Waals surface area contributed by atoms with Crippen LogP contribution in [-0.4, -0.2) is 15.9 Å². The van der Waals surface area contributed by atoms with Gasteiger partial charge in [-0.1, -0.05) is 59.1 Å². The lowest BCUT2D eigenvalue weighted by Gasteiger charge is -2.02. The Bertz CT molecular complexity index is 1510. The molecule has 0 aliphatic heterocycles. The van der Waals surface area contributed by atoms with Crippen molar-refractivity contribution in [1.82, 2.24) is 9.97 Å². The lowest BCUT2D eigenvalue weighted by molar-refractivity contribution is 0.103. The highest BCUT2D eigenvalue weighted by atomic mass is 35.5. The van der Waals surface area contributed by atoms with Crippen LogP contribution in [-0.2, 0) is 0 Å². The van der Waals surface area contributed by atoms with Gasteiger partial charge in [-0.3, -0.25) is 10.1 Å². The quantitative estimate of drug-likeness (QED) is 0.261. The summed E-state index contributed by atoms with van der Waals surface area (Å²) in [5, 5.41) is 6.83. The number of carbonyl (C=O) groups excluding carboxylic acids is 1. The van der Waals surface area contributed by atoms with Gasteiger partial charge in [0.15, 0.2) is 5.13 Å². The molecule has 2 aromatic carbocycles. The van der Waals surface area contributed by atoms with Gasteiger partial charge >= 0.3 is 0 Å². The van der Waals surface area contributed by atoms with Crippen LogP contribution in [0, 0.1) is 6.92 Å². The molecule has 0 saturated heterocycles. The summed E-state index contributed by atoms with van der Waals surface area (Å²) in [5.74, 6) is -0.317. The summed E-state index contributed by atoms with van der Waals surface area (Å²) in [6.45, 7) is 2.04. The second kappa shape index (κ2) is 8.76. The van der Waals surface area contributed by atoms with E-state index in [2.05, 4.69) is 10.3 Å². The molecule has 0 bridgehead atoms. The Hall–Kier alpha value is -2.97. The van der Waals surface area contributed by atoms with Crippen molar-refractivity contribution in [2.24, 2.45) is 0 Å². The highest BCUT2D eigenvalue weighted by molar-refractivity contribution is 7.21. The molecule has 0 aliphatic carbocycles.